The summed E-state index contributed by atoms with van der Waals surface area (Å²) < 4.78 is 10.9. The topological polar surface area (TPSA) is 17.1 Å². The third-order valence-electron chi connectivity index (χ3n) is 0.564. The molecule has 10 heavy (non-hydrogen) atoms. The van der Waals surface area contributed by atoms with Gasteiger partial charge in [-0.15, -0.1) is 13.2 Å². The van der Waals surface area contributed by atoms with Crippen molar-refractivity contribution in [2.45, 2.75) is 0 Å². The minimum Gasteiger partial charge on any atom is -0.247 e. The molecule has 0 aromatic heterocycles. The molecule has 4 heteroatoms. The van der Waals surface area contributed by atoms with Crippen LogP contribution in [0.25, 0.3) is 0 Å². The summed E-state index contributed by atoms with van der Waals surface area (Å²) in [6, 6.07) is 0. The van der Waals surface area contributed by atoms with Crippen LogP contribution in [0.5, 0.6) is 0 Å². The molecule has 0 rings (SSSR count). The first kappa shape index (κ1) is 10.3. The summed E-state index contributed by atoms with van der Waals surface area (Å²) >= 11 is 0. The van der Waals surface area contributed by atoms with E-state index in [1.54, 1.807) is 22.9 Å². The van der Waals surface area contributed by atoms with Crippen molar-refractivity contribution in [1.82, 2.24) is 0 Å². The van der Waals surface area contributed by atoms with E-state index in [1.807, 2.05) is 0 Å². The Morgan fingerprint density at radius 3 is 2.60 bits per heavy atom. The van der Waals surface area contributed by atoms with Crippen molar-refractivity contribution in [2.75, 3.05) is 11.5 Å². The second-order valence-corrected chi connectivity index (χ2v) is 6.50. The van der Waals surface area contributed by atoms with Gasteiger partial charge < -0.3 is 0 Å². The summed E-state index contributed by atoms with van der Waals surface area (Å²) in [7, 11) is 2.12. The van der Waals surface area contributed by atoms with Crippen LogP contribution in [0.1, 0.15) is 0 Å². The smallest absolute Gasteiger partial charge is 0.0950 e. The summed E-state index contributed by atoms with van der Waals surface area (Å²) in [5.41, 5.74) is 0. The highest BCUT2D eigenvalue weighted by Crippen LogP contribution is 2.24. The molecule has 0 aromatic rings. The summed E-state index contributed by atoms with van der Waals surface area (Å²) in [5, 5.41) is 0. The largest absolute Gasteiger partial charge is 0.247 e. The first-order chi connectivity index (χ1) is 4.81. The maximum Gasteiger partial charge on any atom is 0.0950 e. The third kappa shape index (κ3) is 6.45. The maximum absolute atomic E-state index is 10.9. The molecule has 0 saturated carbocycles. The minimum absolute atomic E-state index is 0.564. The molecule has 0 bridgehead atoms. The van der Waals surface area contributed by atoms with Gasteiger partial charge in [0.25, 0.3) is 0 Å². The lowest BCUT2D eigenvalue weighted by Gasteiger charge is -1.93. The Bertz CT molecular complexity index is 133. The second kappa shape index (κ2) is 7.44. The molecule has 0 saturated heterocycles. The van der Waals surface area contributed by atoms with Crippen LogP contribution in [0.3, 0.4) is 0 Å². The fourth-order valence-electron chi connectivity index (χ4n) is 0.254. The number of hydrogen-bond donors (Lipinski definition) is 0. The normalized spacial score (nSPS) is 12.4. The van der Waals surface area contributed by atoms with Crippen LogP contribution < -0.4 is 0 Å². The average molecular weight is 194 g/mol. The third-order valence-corrected chi connectivity index (χ3v) is 5.48. The van der Waals surface area contributed by atoms with Gasteiger partial charge in [0, 0.05) is 15.6 Å². The van der Waals surface area contributed by atoms with Gasteiger partial charge in [-0.3, -0.25) is 0 Å². The minimum atomic E-state index is -0.808. The molecule has 0 aliphatic rings. The van der Waals surface area contributed by atoms with Gasteiger partial charge >= 0.3 is 0 Å². The lowest BCUT2D eigenvalue weighted by molar-refractivity contribution is 0.693. The van der Waals surface area contributed by atoms with E-state index in [1.165, 1.54) is 9.83 Å². The molecule has 0 radical (unpaired) electrons. The van der Waals surface area contributed by atoms with Crippen molar-refractivity contribution >= 4 is 30.5 Å². The van der Waals surface area contributed by atoms with Crippen LogP contribution in [0.2, 0.25) is 0 Å². The summed E-state index contributed by atoms with van der Waals surface area (Å²) in [6.07, 6.45) is 3.46. The van der Waals surface area contributed by atoms with Gasteiger partial charge in [-0.2, -0.15) is 0 Å². The van der Waals surface area contributed by atoms with Crippen molar-refractivity contribution in [2.24, 2.45) is 0 Å². The zero-order valence-electron chi connectivity index (χ0n) is 5.62. The van der Waals surface area contributed by atoms with Crippen molar-refractivity contribution < 1.29 is 4.21 Å². The van der Waals surface area contributed by atoms with Crippen molar-refractivity contribution in [3.05, 3.63) is 25.3 Å². The van der Waals surface area contributed by atoms with Gasteiger partial charge in [0.05, 0.1) is 15.6 Å². The van der Waals surface area contributed by atoms with Crippen molar-refractivity contribution in [1.29, 1.82) is 0 Å². The second-order valence-electron chi connectivity index (χ2n) is 1.40. The van der Waals surface area contributed by atoms with Crippen LogP contribution in [-0.4, -0.2) is 15.7 Å². The van der Waals surface area contributed by atoms with E-state index in [0.717, 1.165) is 5.75 Å². The zero-order valence-corrected chi connectivity index (χ0v) is 8.07. The molecule has 0 amide bonds. The Labute approximate surface area is 71.6 Å². The van der Waals surface area contributed by atoms with Crippen LogP contribution in [0, 0.1) is 0 Å². The van der Waals surface area contributed by atoms with Crippen LogP contribution in [-0.2, 0) is 9.83 Å². The van der Waals surface area contributed by atoms with Crippen molar-refractivity contribution in [3.63, 3.8) is 0 Å². The molecule has 1 nitrogen and oxygen atoms in total. The summed E-state index contributed by atoms with van der Waals surface area (Å²) in [5.74, 6) is 1.41. The zero-order chi connectivity index (χ0) is 7.82. The molecule has 0 aliphatic carbocycles. The Balaban J connectivity index is 3.20. The van der Waals surface area contributed by atoms with Gasteiger partial charge in [0.15, 0.2) is 0 Å². The molecule has 0 aromatic carbocycles. The molecule has 0 heterocycles. The fourth-order valence-corrected chi connectivity index (χ4v) is 3.96. The lowest BCUT2D eigenvalue weighted by atomic mass is 10.8. The molecule has 1 atom stereocenters. The quantitative estimate of drug-likeness (QED) is 0.367. The molecule has 0 spiro atoms. The highest BCUT2D eigenvalue weighted by Gasteiger charge is 1.95. The fraction of sp³-hybridized carbons (Fsp3) is 0.333. The Morgan fingerprint density at radius 1 is 1.40 bits per heavy atom. The molecular weight excluding hydrogens is 184 g/mol. The SMILES string of the molecule is C=CCSSS(=O)CC=C. The molecule has 0 fully saturated rings. The monoisotopic (exact) mass is 194 g/mol. The molecule has 0 N–H and O–H groups in total. The first-order valence-electron chi connectivity index (χ1n) is 2.71. The Morgan fingerprint density at radius 2 is 2.10 bits per heavy atom. The van der Waals surface area contributed by atoms with Gasteiger partial charge in [0.2, 0.25) is 0 Å². The standard InChI is InChI=1S/C6H10OS3/c1-3-5-8-9-10(7)6-4-2/h3-4H,1-2,5-6H2. The van der Waals surface area contributed by atoms with Gasteiger partial charge in [-0.05, 0) is 0 Å². The van der Waals surface area contributed by atoms with E-state index in [9.17, 15) is 4.21 Å². The van der Waals surface area contributed by atoms with E-state index in [0.29, 0.717) is 5.75 Å². The molecule has 58 valence electrons. The highest BCUT2D eigenvalue weighted by molar-refractivity contribution is 9.05. The number of rotatable bonds is 6. The van der Waals surface area contributed by atoms with Gasteiger partial charge in [-0.1, -0.05) is 22.9 Å². The van der Waals surface area contributed by atoms with E-state index in [4.69, 9.17) is 0 Å². The average Bonchev–Trinajstić information content (AvgIpc) is 1.89. The summed E-state index contributed by atoms with van der Waals surface area (Å²) in [4.78, 5) is 0. The lowest BCUT2D eigenvalue weighted by Crippen LogP contribution is -1.83. The van der Waals surface area contributed by atoms with E-state index in [-0.39, 0.29) is 0 Å². The van der Waals surface area contributed by atoms with Crippen LogP contribution >= 0.6 is 20.6 Å². The molecular formula is C6H10OS3. The van der Waals surface area contributed by atoms with Crippen LogP contribution in [0.4, 0.5) is 0 Å². The van der Waals surface area contributed by atoms with Crippen LogP contribution in [0.15, 0.2) is 25.3 Å². The van der Waals surface area contributed by atoms with E-state index in [2.05, 4.69) is 13.2 Å². The van der Waals surface area contributed by atoms with E-state index >= 15 is 0 Å². The maximum atomic E-state index is 10.9. The van der Waals surface area contributed by atoms with Gasteiger partial charge in [0.1, 0.15) is 0 Å². The summed E-state index contributed by atoms with van der Waals surface area (Å²) in [6.45, 7) is 7.04. The number of hydrogen-bond acceptors (Lipinski definition) is 3. The van der Waals surface area contributed by atoms with Crippen molar-refractivity contribution in [3.8, 4) is 0 Å². The molecule has 1 unspecified atom stereocenters. The highest BCUT2D eigenvalue weighted by atomic mass is 33.5. The predicted molar refractivity (Wildman–Crippen MR) is 53.5 cm³/mol. The molecule has 0 aliphatic heterocycles. The van der Waals surface area contributed by atoms with Gasteiger partial charge in [-0.25, -0.2) is 4.21 Å². The Hall–Kier alpha value is 0.330. The first-order valence-corrected chi connectivity index (χ1v) is 6.87. The Kier molecular flexibility index (Phi) is 7.68. The van der Waals surface area contributed by atoms with E-state index < -0.39 is 9.83 Å². The predicted octanol–water partition coefficient (Wildman–Crippen LogP) is 2.40.